The summed E-state index contributed by atoms with van der Waals surface area (Å²) < 4.78 is 68.0. The Balaban J connectivity index is 0.000000521. The number of nitrogens with one attached hydrogen (secondary N) is 2. The first-order valence-corrected chi connectivity index (χ1v) is 25.4. The average molecular weight is 1020 g/mol. The number of amides is 1. The molecule has 73 heavy (non-hydrogen) atoms. The maximum atomic E-state index is 13.9. The van der Waals surface area contributed by atoms with Crippen molar-refractivity contribution >= 4 is 35.1 Å². The van der Waals surface area contributed by atoms with E-state index in [4.69, 9.17) is 5.73 Å². The minimum absolute atomic E-state index is 0.0440. The highest BCUT2D eigenvalue weighted by Crippen LogP contribution is 2.63. The number of nitrogens with zero attached hydrogens (tertiary/aromatic N) is 5. The number of allylic oxidation sites excluding steroid dienone is 7. The molecule has 0 aliphatic heterocycles. The molecular formula is C57H79F5N8O3. The Morgan fingerprint density at radius 1 is 1.00 bits per heavy atom. The predicted octanol–water partition coefficient (Wildman–Crippen LogP) is 13.6. The molecule has 5 atom stereocenters. The van der Waals surface area contributed by atoms with Gasteiger partial charge in [-0.25, -0.2) is 4.98 Å². The van der Waals surface area contributed by atoms with Crippen LogP contribution >= 0.6 is 0 Å². The van der Waals surface area contributed by atoms with E-state index in [9.17, 15) is 41.6 Å². The van der Waals surface area contributed by atoms with Crippen LogP contribution in [0.1, 0.15) is 163 Å². The normalized spacial score (nSPS) is 17.7. The zero-order valence-corrected chi connectivity index (χ0v) is 45.4. The van der Waals surface area contributed by atoms with Crippen LogP contribution in [0.3, 0.4) is 0 Å². The van der Waals surface area contributed by atoms with Crippen LogP contribution in [-0.2, 0) is 27.1 Å². The van der Waals surface area contributed by atoms with Crippen LogP contribution in [0, 0.1) is 34.5 Å². The molecule has 11 nitrogen and oxygen atoms in total. The number of carbonyl (C=O) groups excluding carboxylic acids is 3. The SMILES string of the molecule is CC.CC/C=C/C(=C\NC(F)F)CC(C)C(=O)NC(C)(C)Cn1nc(C(F)(F)F)cc1C(=C/C(C)CC)/C(C)=C(/C#N)C(C)=O.CCCC1(C(=O)C(C)CC)CC1c1ccc(-c2cnc(N)c(C=NC)c2)cc1. The summed E-state index contributed by atoms with van der Waals surface area (Å²) in [6, 6.07) is 13.3. The summed E-state index contributed by atoms with van der Waals surface area (Å²) in [4.78, 5) is 46.7. The van der Waals surface area contributed by atoms with Gasteiger partial charge in [-0.05, 0) is 106 Å². The highest BCUT2D eigenvalue weighted by atomic mass is 19.4. The Morgan fingerprint density at radius 3 is 2.16 bits per heavy atom. The molecule has 2 aromatic heterocycles. The monoisotopic (exact) mass is 1020 g/mol. The molecule has 1 aromatic carbocycles. The topological polar surface area (TPSA) is 168 Å². The lowest BCUT2D eigenvalue weighted by atomic mass is 9.83. The number of hydrogen-bond acceptors (Lipinski definition) is 9. The zero-order valence-electron chi connectivity index (χ0n) is 45.4. The maximum Gasteiger partial charge on any atom is 0.435 e. The first-order valence-electron chi connectivity index (χ1n) is 25.4. The highest BCUT2D eigenvalue weighted by molar-refractivity contribution is 6.01. The van der Waals surface area contributed by atoms with Gasteiger partial charge < -0.3 is 16.4 Å². The van der Waals surface area contributed by atoms with E-state index in [1.165, 1.54) is 19.4 Å². The Bertz CT molecular complexity index is 2510. The van der Waals surface area contributed by atoms with E-state index in [1.807, 2.05) is 52.1 Å². The van der Waals surface area contributed by atoms with Crippen molar-refractivity contribution in [1.82, 2.24) is 25.4 Å². The van der Waals surface area contributed by atoms with Crippen LogP contribution in [0.15, 0.2) is 88.7 Å². The fourth-order valence-corrected chi connectivity index (χ4v) is 8.53. The molecular weight excluding hydrogens is 940 g/mol. The molecule has 0 bridgehead atoms. The number of nitrogen functional groups attached to an aromatic ring is 1. The van der Waals surface area contributed by atoms with Gasteiger partial charge in [-0.2, -0.15) is 32.3 Å². The predicted molar refractivity (Wildman–Crippen MR) is 284 cm³/mol. The van der Waals surface area contributed by atoms with Crippen LogP contribution < -0.4 is 16.4 Å². The summed E-state index contributed by atoms with van der Waals surface area (Å²) in [5.74, 6) is -0.275. The molecule has 0 saturated heterocycles. The van der Waals surface area contributed by atoms with Crippen LogP contribution in [0.4, 0.5) is 27.8 Å². The summed E-state index contributed by atoms with van der Waals surface area (Å²) in [5, 5.41) is 18.2. The third-order valence-corrected chi connectivity index (χ3v) is 12.8. The lowest BCUT2D eigenvalue weighted by Crippen LogP contribution is -2.48. The molecule has 0 radical (unpaired) electrons. The molecule has 3 aromatic rings. The van der Waals surface area contributed by atoms with Crippen molar-refractivity contribution < 1.29 is 36.3 Å². The fraction of sp³-hybridized carbons (Fsp3) is 0.526. The molecule has 1 aliphatic carbocycles. The van der Waals surface area contributed by atoms with E-state index in [-0.39, 0.29) is 52.6 Å². The third-order valence-electron chi connectivity index (χ3n) is 12.8. The van der Waals surface area contributed by atoms with Crippen LogP contribution in [0.5, 0.6) is 0 Å². The smallest absolute Gasteiger partial charge is 0.383 e. The summed E-state index contributed by atoms with van der Waals surface area (Å²) >= 11 is 0. The number of carbonyl (C=O) groups is 3. The Kier molecular flexibility index (Phi) is 24.9. The van der Waals surface area contributed by atoms with Gasteiger partial charge in [-0.15, -0.1) is 0 Å². The van der Waals surface area contributed by atoms with E-state index >= 15 is 0 Å². The molecule has 1 amide bonds. The third kappa shape index (κ3) is 18.0. The van der Waals surface area contributed by atoms with Gasteiger partial charge in [0.05, 0.1) is 23.4 Å². The van der Waals surface area contributed by atoms with Crippen LogP contribution in [0.25, 0.3) is 16.7 Å². The van der Waals surface area contributed by atoms with Gasteiger partial charge in [0.15, 0.2) is 11.5 Å². The number of ketones is 2. The van der Waals surface area contributed by atoms with E-state index in [1.54, 1.807) is 58.5 Å². The van der Waals surface area contributed by atoms with Gasteiger partial charge in [0.25, 0.3) is 0 Å². The lowest BCUT2D eigenvalue weighted by molar-refractivity contribution is -0.141. The number of hydrogen-bond donors (Lipinski definition) is 3. The molecule has 400 valence electrons. The molecule has 1 aliphatic rings. The molecule has 5 unspecified atom stereocenters. The van der Waals surface area contributed by atoms with Crippen molar-refractivity contribution in [3.63, 3.8) is 0 Å². The van der Waals surface area contributed by atoms with Gasteiger partial charge in [0.2, 0.25) is 5.91 Å². The number of Topliss-reactive ketones (excluding diaryl/α,β-unsaturated/α-hetero) is 2. The Morgan fingerprint density at radius 2 is 1.64 bits per heavy atom. The molecule has 1 fully saturated rings. The number of anilines is 1. The van der Waals surface area contributed by atoms with Gasteiger partial charge in [0, 0.05) is 59.6 Å². The lowest BCUT2D eigenvalue weighted by Gasteiger charge is -2.29. The van der Waals surface area contributed by atoms with Crippen molar-refractivity contribution in [3.8, 4) is 17.2 Å². The standard InChI is InChI=1S/C31H42F5N5O2.C24H31N3O.C2H6/c1-9-11-12-23(17-38-29(32)33)14-20(4)28(43)39-30(7,8)18-41-26(15-27(40-41)31(34,35)36)24(13-19(3)10-2)21(5)25(16-37)22(6)42;1-5-11-24(22(28)16(3)6-2)13-21(24)18-9-7-17(8-10-18)19-12-20(14-26-4)23(25)27-15-19;1-2/h11-13,15,17,19-20,29,38H,9-10,14,18H2,1-8H3,(H,39,43);7-10,12,14-16,21H,5-6,11,13H2,1-4H3,(H2,25,27);1-2H3/b12-11+,23-17+,24-13+,25-21-;;. The zero-order chi connectivity index (χ0) is 55.4. The van der Waals surface area contributed by atoms with Crippen molar-refractivity contribution in [2.24, 2.45) is 28.2 Å². The van der Waals surface area contributed by atoms with Crippen molar-refractivity contribution in [2.75, 3.05) is 12.8 Å². The Labute approximate surface area is 430 Å². The van der Waals surface area contributed by atoms with E-state index in [0.717, 1.165) is 59.3 Å². The number of halogens is 5. The van der Waals surface area contributed by atoms with Crippen molar-refractivity contribution in [1.29, 1.82) is 5.26 Å². The molecule has 4 rings (SSSR count). The number of alkyl halides is 5. The molecule has 4 N–H and O–H groups in total. The molecule has 16 heteroatoms. The summed E-state index contributed by atoms with van der Waals surface area (Å²) in [5.41, 5.74) is 8.54. The fourth-order valence-electron chi connectivity index (χ4n) is 8.53. The number of aliphatic imine (C=N–C) groups is 1. The number of aromatic nitrogens is 3. The first-order chi connectivity index (χ1) is 34.3. The maximum absolute atomic E-state index is 13.9. The number of rotatable bonds is 23. The van der Waals surface area contributed by atoms with E-state index in [2.05, 4.69) is 65.4 Å². The van der Waals surface area contributed by atoms with E-state index in [0.29, 0.717) is 35.9 Å². The van der Waals surface area contributed by atoms with Gasteiger partial charge in [0.1, 0.15) is 17.7 Å². The van der Waals surface area contributed by atoms with Crippen LogP contribution in [-0.4, -0.2) is 57.6 Å². The highest BCUT2D eigenvalue weighted by Gasteiger charge is 2.59. The first kappa shape index (κ1) is 62.9. The van der Waals surface area contributed by atoms with Crippen LogP contribution in [0.2, 0.25) is 0 Å². The number of benzene rings is 1. The summed E-state index contributed by atoms with van der Waals surface area (Å²) in [6.45, 7) is 20.6. The van der Waals surface area contributed by atoms with Gasteiger partial charge in [-0.1, -0.05) is 118 Å². The second-order valence-corrected chi connectivity index (χ2v) is 19.2. The minimum Gasteiger partial charge on any atom is -0.383 e. The number of nitriles is 1. The second kappa shape index (κ2) is 28.9. The number of nitrogens with two attached hydrogens (primary N) is 1. The average Bonchev–Trinajstić information content (AvgIpc) is 3.93. The van der Waals surface area contributed by atoms with Crippen molar-refractivity contribution in [2.45, 2.75) is 166 Å². The van der Waals surface area contributed by atoms with Gasteiger partial charge >= 0.3 is 12.7 Å². The van der Waals surface area contributed by atoms with Crippen molar-refractivity contribution in [3.05, 3.63) is 106 Å². The number of pyridine rings is 1. The minimum atomic E-state index is -4.78. The van der Waals surface area contributed by atoms with Gasteiger partial charge in [-0.3, -0.25) is 24.1 Å². The molecule has 0 spiro atoms. The summed E-state index contributed by atoms with van der Waals surface area (Å²) in [6.07, 6.45) is 10.4. The second-order valence-electron chi connectivity index (χ2n) is 19.2. The summed E-state index contributed by atoms with van der Waals surface area (Å²) in [7, 11) is 1.72. The Hall–Kier alpha value is -6.24. The van der Waals surface area contributed by atoms with E-state index < -0.39 is 41.6 Å². The molecule has 2 heterocycles. The molecule has 1 saturated carbocycles. The largest absolute Gasteiger partial charge is 0.435 e. The quantitative estimate of drug-likeness (QED) is 0.0211.